The molecule has 3 atom stereocenters. The SMILES string of the molecule is CO[C@@H]1CC[C@@H]2OCCN(CC(=O)Nc3ccc(F)cc3F)[C@H]2C1. The Labute approximate surface area is 139 Å². The molecular weight excluding hydrogens is 318 g/mol. The van der Waals surface area contributed by atoms with Gasteiger partial charge in [0, 0.05) is 25.8 Å². The molecule has 1 amide bonds. The normalized spacial score (nSPS) is 27.5. The molecule has 2 fully saturated rings. The zero-order valence-electron chi connectivity index (χ0n) is 13.6. The monoisotopic (exact) mass is 340 g/mol. The predicted molar refractivity (Wildman–Crippen MR) is 84.7 cm³/mol. The fraction of sp³-hybridized carbons (Fsp3) is 0.588. The van der Waals surface area contributed by atoms with E-state index in [1.54, 1.807) is 7.11 Å². The molecule has 0 radical (unpaired) electrons. The highest BCUT2D eigenvalue weighted by atomic mass is 19.1. The maximum atomic E-state index is 13.7. The van der Waals surface area contributed by atoms with E-state index in [0.717, 1.165) is 31.4 Å². The summed E-state index contributed by atoms with van der Waals surface area (Å²) in [5.74, 6) is -1.77. The van der Waals surface area contributed by atoms with E-state index in [1.165, 1.54) is 6.07 Å². The van der Waals surface area contributed by atoms with Gasteiger partial charge in [0.2, 0.25) is 5.91 Å². The van der Waals surface area contributed by atoms with Crippen LogP contribution >= 0.6 is 0 Å². The molecule has 1 heterocycles. The van der Waals surface area contributed by atoms with E-state index in [1.807, 2.05) is 0 Å². The fourth-order valence-electron chi connectivity index (χ4n) is 3.52. The van der Waals surface area contributed by atoms with Gasteiger partial charge in [-0.2, -0.15) is 0 Å². The smallest absolute Gasteiger partial charge is 0.238 e. The third kappa shape index (κ3) is 3.91. The van der Waals surface area contributed by atoms with Gasteiger partial charge in [-0.3, -0.25) is 9.69 Å². The van der Waals surface area contributed by atoms with Gasteiger partial charge in [-0.1, -0.05) is 0 Å². The molecule has 1 N–H and O–H groups in total. The Balaban J connectivity index is 1.62. The summed E-state index contributed by atoms with van der Waals surface area (Å²) in [7, 11) is 1.70. The van der Waals surface area contributed by atoms with Gasteiger partial charge < -0.3 is 14.8 Å². The molecule has 0 spiro atoms. The summed E-state index contributed by atoms with van der Waals surface area (Å²) in [5, 5.41) is 2.51. The lowest BCUT2D eigenvalue weighted by Crippen LogP contribution is -2.56. The summed E-state index contributed by atoms with van der Waals surface area (Å²) in [6.45, 7) is 1.38. The number of carbonyl (C=O) groups excluding carboxylic acids is 1. The molecule has 3 rings (SSSR count). The topological polar surface area (TPSA) is 50.8 Å². The zero-order chi connectivity index (χ0) is 17.1. The van der Waals surface area contributed by atoms with Crippen LogP contribution in [0.2, 0.25) is 0 Å². The fourth-order valence-corrected chi connectivity index (χ4v) is 3.52. The van der Waals surface area contributed by atoms with Crippen molar-refractivity contribution in [2.45, 2.75) is 37.5 Å². The Morgan fingerprint density at radius 2 is 2.25 bits per heavy atom. The number of anilines is 1. The van der Waals surface area contributed by atoms with Crippen molar-refractivity contribution in [2.24, 2.45) is 0 Å². The van der Waals surface area contributed by atoms with Crippen LogP contribution in [0.25, 0.3) is 0 Å². The third-order valence-corrected chi connectivity index (χ3v) is 4.77. The molecule has 1 aliphatic carbocycles. The lowest BCUT2D eigenvalue weighted by molar-refractivity contribution is -0.130. The highest BCUT2D eigenvalue weighted by molar-refractivity contribution is 5.92. The number of fused-ring (bicyclic) bond motifs is 1. The molecule has 1 aromatic carbocycles. The Morgan fingerprint density at radius 1 is 1.42 bits per heavy atom. The Kier molecular flexibility index (Phi) is 5.43. The summed E-state index contributed by atoms with van der Waals surface area (Å²) in [6.07, 6.45) is 2.97. The van der Waals surface area contributed by atoms with Crippen LogP contribution in [0.4, 0.5) is 14.5 Å². The van der Waals surface area contributed by atoms with Gasteiger partial charge in [-0.25, -0.2) is 8.78 Å². The molecule has 24 heavy (non-hydrogen) atoms. The third-order valence-electron chi connectivity index (χ3n) is 4.77. The summed E-state index contributed by atoms with van der Waals surface area (Å²) >= 11 is 0. The van der Waals surface area contributed by atoms with E-state index in [-0.39, 0.29) is 36.4 Å². The van der Waals surface area contributed by atoms with Crippen LogP contribution in [-0.2, 0) is 14.3 Å². The number of halogens is 2. The molecule has 132 valence electrons. The van der Waals surface area contributed by atoms with Gasteiger partial charge >= 0.3 is 0 Å². The Hall–Kier alpha value is -1.57. The number of morpholine rings is 1. The summed E-state index contributed by atoms with van der Waals surface area (Å²) in [6, 6.07) is 3.23. The molecule has 0 bridgehead atoms. The average molecular weight is 340 g/mol. The van der Waals surface area contributed by atoms with Crippen LogP contribution in [0, 0.1) is 11.6 Å². The summed E-state index contributed by atoms with van der Waals surface area (Å²) < 4.78 is 37.8. The molecular formula is C17H22F2N2O3. The van der Waals surface area contributed by atoms with E-state index in [4.69, 9.17) is 9.47 Å². The molecule has 1 aromatic rings. The number of nitrogens with zero attached hydrogens (tertiary/aromatic N) is 1. The van der Waals surface area contributed by atoms with Crippen LogP contribution in [0.15, 0.2) is 18.2 Å². The maximum absolute atomic E-state index is 13.7. The number of ether oxygens (including phenoxy) is 2. The zero-order valence-corrected chi connectivity index (χ0v) is 13.6. The van der Waals surface area contributed by atoms with E-state index in [0.29, 0.717) is 13.2 Å². The maximum Gasteiger partial charge on any atom is 0.238 e. The lowest BCUT2D eigenvalue weighted by atomic mass is 9.88. The standard InChI is InChI=1S/C17H22F2N2O3/c1-23-12-3-5-16-15(9-12)21(6-7-24-16)10-17(22)20-14-4-2-11(18)8-13(14)19/h2,4,8,12,15-16H,3,5-7,9-10H2,1H3,(H,20,22)/t12-,15+,16+/m1/s1. The first kappa shape index (κ1) is 17.3. The number of benzene rings is 1. The number of rotatable bonds is 4. The van der Waals surface area contributed by atoms with Crippen molar-refractivity contribution in [1.29, 1.82) is 0 Å². The molecule has 1 aliphatic heterocycles. The van der Waals surface area contributed by atoms with Crippen molar-refractivity contribution < 1.29 is 23.0 Å². The number of hydrogen-bond donors (Lipinski definition) is 1. The van der Waals surface area contributed by atoms with Crippen LogP contribution in [0.3, 0.4) is 0 Å². The predicted octanol–water partition coefficient (Wildman–Crippen LogP) is 2.17. The van der Waals surface area contributed by atoms with Crippen molar-refractivity contribution in [1.82, 2.24) is 4.90 Å². The largest absolute Gasteiger partial charge is 0.381 e. The number of nitrogens with one attached hydrogen (secondary N) is 1. The van der Waals surface area contributed by atoms with Gasteiger partial charge in [-0.05, 0) is 31.4 Å². The Morgan fingerprint density at radius 3 is 3.00 bits per heavy atom. The number of carbonyl (C=O) groups is 1. The number of amides is 1. The van der Waals surface area contributed by atoms with Crippen LogP contribution in [-0.4, -0.2) is 55.9 Å². The van der Waals surface area contributed by atoms with Crippen molar-refractivity contribution in [3.8, 4) is 0 Å². The van der Waals surface area contributed by atoms with E-state index < -0.39 is 11.6 Å². The molecule has 1 saturated heterocycles. The van der Waals surface area contributed by atoms with Crippen molar-refractivity contribution in [3.05, 3.63) is 29.8 Å². The van der Waals surface area contributed by atoms with Crippen LogP contribution in [0.5, 0.6) is 0 Å². The minimum absolute atomic E-state index is 0.00961. The molecule has 5 nitrogen and oxygen atoms in total. The summed E-state index contributed by atoms with van der Waals surface area (Å²) in [4.78, 5) is 14.3. The second kappa shape index (κ2) is 7.55. The number of hydrogen-bond acceptors (Lipinski definition) is 4. The molecule has 0 unspecified atom stereocenters. The van der Waals surface area contributed by atoms with E-state index >= 15 is 0 Å². The highest BCUT2D eigenvalue weighted by Gasteiger charge is 2.38. The average Bonchev–Trinajstić information content (AvgIpc) is 2.57. The number of methoxy groups -OCH3 is 1. The first-order chi connectivity index (χ1) is 11.6. The highest BCUT2D eigenvalue weighted by Crippen LogP contribution is 2.30. The van der Waals surface area contributed by atoms with Crippen molar-refractivity contribution in [3.63, 3.8) is 0 Å². The summed E-state index contributed by atoms with van der Waals surface area (Å²) in [5.41, 5.74) is -0.00961. The molecule has 7 heteroatoms. The van der Waals surface area contributed by atoms with Gasteiger partial charge in [-0.15, -0.1) is 0 Å². The minimum Gasteiger partial charge on any atom is -0.381 e. The van der Waals surface area contributed by atoms with Gasteiger partial charge in [0.05, 0.1) is 31.0 Å². The Bertz CT molecular complexity index is 599. The van der Waals surface area contributed by atoms with Crippen molar-refractivity contribution >= 4 is 11.6 Å². The molecule has 0 aromatic heterocycles. The second-order valence-electron chi connectivity index (χ2n) is 6.29. The van der Waals surface area contributed by atoms with Gasteiger partial charge in [0.25, 0.3) is 0 Å². The first-order valence-electron chi connectivity index (χ1n) is 8.20. The first-order valence-corrected chi connectivity index (χ1v) is 8.20. The quantitative estimate of drug-likeness (QED) is 0.913. The van der Waals surface area contributed by atoms with Crippen molar-refractivity contribution in [2.75, 3.05) is 32.1 Å². The van der Waals surface area contributed by atoms with E-state index in [2.05, 4.69) is 10.2 Å². The second-order valence-corrected chi connectivity index (χ2v) is 6.29. The lowest BCUT2D eigenvalue weighted by Gasteiger charge is -2.45. The van der Waals surface area contributed by atoms with Gasteiger partial charge in [0.1, 0.15) is 11.6 Å². The van der Waals surface area contributed by atoms with Gasteiger partial charge in [0.15, 0.2) is 0 Å². The van der Waals surface area contributed by atoms with Crippen LogP contribution < -0.4 is 5.32 Å². The van der Waals surface area contributed by atoms with Crippen LogP contribution in [0.1, 0.15) is 19.3 Å². The molecule has 1 saturated carbocycles. The van der Waals surface area contributed by atoms with E-state index in [9.17, 15) is 13.6 Å². The minimum atomic E-state index is -0.777. The molecule has 2 aliphatic rings.